The van der Waals surface area contributed by atoms with Crippen LogP contribution in [0.15, 0.2) is 107 Å². The van der Waals surface area contributed by atoms with E-state index in [0.29, 0.717) is 44.5 Å². The van der Waals surface area contributed by atoms with Crippen LogP contribution in [0.25, 0.3) is 11.1 Å². The molecule has 3 aromatic carbocycles. The second kappa shape index (κ2) is 16.2. The molecule has 0 saturated carbocycles. The first-order valence-electron chi connectivity index (χ1n) is 16.6. The Morgan fingerprint density at radius 3 is 2.42 bits per heavy atom. The van der Waals surface area contributed by atoms with E-state index in [1.54, 1.807) is 17.2 Å². The number of rotatable bonds is 12. The Morgan fingerprint density at radius 1 is 0.962 bits per heavy atom. The number of halogens is 3. The second-order valence-electron chi connectivity index (χ2n) is 12.3. The van der Waals surface area contributed by atoms with Crippen molar-refractivity contribution in [2.75, 3.05) is 48.7 Å². The van der Waals surface area contributed by atoms with Crippen LogP contribution in [0.5, 0.6) is 5.75 Å². The number of alkyl halides is 3. The number of amides is 1. The summed E-state index contributed by atoms with van der Waals surface area (Å²) in [6, 6.07) is 21.5. The molecule has 0 atom stereocenters. The third-order valence-corrected chi connectivity index (χ3v) is 11.0. The highest BCUT2D eigenvalue weighted by molar-refractivity contribution is 7.99. The zero-order chi connectivity index (χ0) is 37.6. The Bertz CT molecular complexity index is 2170. The van der Waals surface area contributed by atoms with E-state index in [2.05, 4.69) is 31.5 Å². The summed E-state index contributed by atoms with van der Waals surface area (Å²) in [6.45, 7) is 4.32. The van der Waals surface area contributed by atoms with Gasteiger partial charge >= 0.3 is 6.18 Å². The molecule has 1 amide bonds. The number of sulfonamides is 1. The Hall–Kier alpha value is -5.19. The number of aromatic nitrogens is 3. The van der Waals surface area contributed by atoms with E-state index in [9.17, 15) is 31.5 Å². The quantitative estimate of drug-likeness (QED) is 0.0987. The molecule has 5 aromatic rings. The van der Waals surface area contributed by atoms with Gasteiger partial charge in [0.2, 0.25) is 0 Å². The lowest BCUT2D eigenvalue weighted by Crippen LogP contribution is -2.46. The normalized spacial score (nSPS) is 13.8. The number of carbonyl (C=O) groups is 1. The van der Waals surface area contributed by atoms with Crippen LogP contribution in [0.1, 0.15) is 27.2 Å². The van der Waals surface area contributed by atoms with Gasteiger partial charge in [-0.2, -0.15) is 18.3 Å². The van der Waals surface area contributed by atoms with Crippen molar-refractivity contribution < 1.29 is 31.5 Å². The summed E-state index contributed by atoms with van der Waals surface area (Å²) in [5.74, 6) is -0.593. The molecular weight excluding hydrogens is 728 g/mol. The van der Waals surface area contributed by atoms with Gasteiger partial charge in [-0.05, 0) is 66.1 Å². The van der Waals surface area contributed by atoms with Crippen LogP contribution in [-0.2, 0) is 22.7 Å². The summed E-state index contributed by atoms with van der Waals surface area (Å²) in [4.78, 5) is 21.1. The summed E-state index contributed by atoms with van der Waals surface area (Å²) >= 11 is 1.47. The number of piperazine rings is 1. The zero-order valence-corrected chi connectivity index (χ0v) is 30.2. The van der Waals surface area contributed by atoms with Gasteiger partial charge in [-0.1, -0.05) is 36.4 Å². The van der Waals surface area contributed by atoms with Crippen LogP contribution in [0.4, 0.5) is 24.5 Å². The fourth-order valence-corrected chi connectivity index (χ4v) is 8.05. The van der Waals surface area contributed by atoms with Crippen LogP contribution in [0.2, 0.25) is 0 Å². The van der Waals surface area contributed by atoms with E-state index in [-0.39, 0.29) is 29.4 Å². The first-order valence-corrected chi connectivity index (χ1v) is 19.1. The molecule has 3 N–H and O–H groups in total. The van der Waals surface area contributed by atoms with Gasteiger partial charge in [-0.25, -0.2) is 13.1 Å². The molecule has 0 radical (unpaired) electrons. The first kappa shape index (κ1) is 37.6. The highest BCUT2D eigenvalue weighted by Crippen LogP contribution is 2.41. The molecule has 0 aliphatic carbocycles. The van der Waals surface area contributed by atoms with Crippen molar-refractivity contribution in [3.05, 3.63) is 120 Å². The molecule has 2 aromatic heterocycles. The number of benzene rings is 3. The van der Waals surface area contributed by atoms with Crippen LogP contribution in [-0.4, -0.2) is 78.0 Å². The zero-order valence-electron chi connectivity index (χ0n) is 28.5. The summed E-state index contributed by atoms with van der Waals surface area (Å²) in [7, 11) is -4.82. The number of thioether (sulfide) groups is 1. The average Bonchev–Trinajstić information content (AvgIpc) is 3.13. The van der Waals surface area contributed by atoms with E-state index >= 15 is 0 Å². The van der Waals surface area contributed by atoms with Crippen LogP contribution in [0.3, 0.4) is 0 Å². The minimum absolute atomic E-state index is 0.0372. The monoisotopic (exact) mass is 763 g/mol. The molecule has 6 rings (SSSR count). The maximum Gasteiger partial charge on any atom is 0.418 e. The third kappa shape index (κ3) is 9.43. The lowest BCUT2D eigenvalue weighted by molar-refractivity contribution is -0.137. The minimum Gasteiger partial charge on any atom is -0.506 e. The molecule has 1 aliphatic rings. The lowest BCUT2D eigenvalue weighted by Gasteiger charge is -2.37. The molecule has 0 unspecified atom stereocenters. The fourth-order valence-electron chi connectivity index (χ4n) is 6.06. The van der Waals surface area contributed by atoms with Gasteiger partial charge in [0.05, 0.1) is 17.4 Å². The van der Waals surface area contributed by atoms with Crippen molar-refractivity contribution in [3.63, 3.8) is 0 Å². The van der Waals surface area contributed by atoms with E-state index in [4.69, 9.17) is 0 Å². The van der Waals surface area contributed by atoms with Gasteiger partial charge < -0.3 is 15.3 Å². The maximum atomic E-state index is 14.5. The number of aromatic hydroxyl groups is 1. The average molecular weight is 764 g/mol. The smallest absolute Gasteiger partial charge is 0.418 e. The van der Waals surface area contributed by atoms with Gasteiger partial charge in [0.15, 0.2) is 5.69 Å². The molecule has 0 spiro atoms. The number of anilines is 2. The molecule has 16 heteroatoms. The van der Waals surface area contributed by atoms with Gasteiger partial charge in [0, 0.05) is 73.6 Å². The Balaban J connectivity index is 1.24. The highest BCUT2D eigenvalue weighted by atomic mass is 32.2. The summed E-state index contributed by atoms with van der Waals surface area (Å²) in [5.41, 5.74) is 2.07. The number of carbonyl (C=O) groups excluding carboxylic acids is 1. The predicted molar refractivity (Wildman–Crippen MR) is 197 cm³/mol. The molecule has 0 bridgehead atoms. The Morgan fingerprint density at radius 2 is 1.74 bits per heavy atom. The first-order chi connectivity index (χ1) is 25.4. The van der Waals surface area contributed by atoms with Crippen molar-refractivity contribution in [3.8, 4) is 16.9 Å². The van der Waals surface area contributed by atoms with Crippen LogP contribution >= 0.6 is 11.8 Å². The maximum absolute atomic E-state index is 14.5. The predicted octanol–water partition coefficient (Wildman–Crippen LogP) is 6.22. The van der Waals surface area contributed by atoms with Gasteiger partial charge in [0.25, 0.3) is 15.9 Å². The Labute approximate surface area is 309 Å². The second-order valence-corrected chi connectivity index (χ2v) is 15.2. The topological polar surface area (TPSA) is 141 Å². The molecule has 3 heterocycles. The van der Waals surface area contributed by atoms with Gasteiger partial charge in [0.1, 0.15) is 10.6 Å². The van der Waals surface area contributed by atoms with Crippen molar-refractivity contribution in [2.24, 2.45) is 0 Å². The van der Waals surface area contributed by atoms with Gasteiger partial charge in [-0.15, -0.1) is 16.9 Å². The molecule has 1 fully saturated rings. The number of hydrogen-bond acceptors (Lipinski definition) is 11. The third-order valence-electron chi connectivity index (χ3n) is 8.60. The molecule has 1 aliphatic heterocycles. The van der Waals surface area contributed by atoms with Crippen molar-refractivity contribution >= 4 is 39.1 Å². The van der Waals surface area contributed by atoms with Crippen LogP contribution in [0, 0.1) is 6.92 Å². The molecule has 11 nitrogen and oxygen atoms in total. The number of hydrogen-bond donors (Lipinski definition) is 3. The number of nitrogens with zero attached hydrogens (tertiary/aromatic N) is 5. The molecular formula is C37H36F3N7O4S2. The summed E-state index contributed by atoms with van der Waals surface area (Å²) in [5, 5.41) is 20.0. The van der Waals surface area contributed by atoms with Crippen molar-refractivity contribution in [1.29, 1.82) is 0 Å². The SMILES string of the molecule is Cc1cc(CN2CCN(c3cc(NCCSc4ccccc4)c(C(F)(F)F)cc3S(=O)(=O)NC(=O)c3cccnn3)CC2)ccc1-c1cncc(O)c1. The number of nitrogens with one attached hydrogen (secondary N) is 2. The fraction of sp³-hybridized carbons (Fsp3) is 0.243. The number of aryl methyl sites for hydroxylation is 1. The van der Waals surface area contributed by atoms with Crippen LogP contribution < -0.4 is 14.9 Å². The van der Waals surface area contributed by atoms with Crippen molar-refractivity contribution in [1.82, 2.24) is 24.8 Å². The largest absolute Gasteiger partial charge is 0.506 e. The van der Waals surface area contributed by atoms with Crippen molar-refractivity contribution in [2.45, 2.75) is 29.4 Å². The highest BCUT2D eigenvalue weighted by Gasteiger charge is 2.38. The van der Waals surface area contributed by atoms with E-state index < -0.39 is 32.6 Å². The molecule has 53 heavy (non-hydrogen) atoms. The molecule has 276 valence electrons. The lowest BCUT2D eigenvalue weighted by atomic mass is 9.99. The summed E-state index contributed by atoms with van der Waals surface area (Å²) in [6.07, 6.45) is -0.553. The Kier molecular flexibility index (Phi) is 11.5. The minimum atomic E-state index is -4.91. The molecule has 1 saturated heterocycles. The van der Waals surface area contributed by atoms with Gasteiger partial charge in [-0.3, -0.25) is 14.7 Å². The standard InChI is InChI=1S/C37H36F3N7O4S2/c1-25-18-26(9-10-30(25)27-19-28(48)23-41-22-27)24-46-13-15-47(16-14-46)34-21-33(42-12-17-52-29-6-3-2-4-7-29)31(37(38,39)40)20-35(34)53(50,51)45-36(49)32-8-5-11-43-44-32/h2-11,18-23,42,48H,12-17,24H2,1H3,(H,45,49). The van der Waals surface area contributed by atoms with E-state index in [0.717, 1.165) is 27.1 Å². The number of pyridine rings is 1. The van der Waals surface area contributed by atoms with E-state index in [1.807, 2.05) is 54.1 Å². The van der Waals surface area contributed by atoms with E-state index in [1.165, 1.54) is 42.4 Å². The summed E-state index contributed by atoms with van der Waals surface area (Å²) < 4.78 is 73.0.